The summed E-state index contributed by atoms with van der Waals surface area (Å²) in [6.45, 7) is 2.00. The second kappa shape index (κ2) is 7.69. The first-order valence-electron chi connectivity index (χ1n) is 6.43. The number of hydrogen-bond donors (Lipinski definition) is 3. The number of carbonyl (C=O) groups is 1. The highest BCUT2D eigenvalue weighted by atomic mass is 31.2. The quantitative estimate of drug-likeness (QED) is 0.455. The van der Waals surface area contributed by atoms with Gasteiger partial charge in [0.05, 0.1) is 12.7 Å². The number of unbranched alkanes of at least 4 members (excludes halogenated alkanes) is 2. The maximum absolute atomic E-state index is 11.9. The maximum Gasteiger partial charge on any atom is 0.350 e. The molecule has 0 aromatic rings. The van der Waals surface area contributed by atoms with E-state index in [9.17, 15) is 13.9 Å². The maximum atomic E-state index is 11.9. The first-order chi connectivity index (χ1) is 9.20. The van der Waals surface area contributed by atoms with E-state index >= 15 is 0 Å². The van der Waals surface area contributed by atoms with Crippen LogP contribution in [0.3, 0.4) is 0 Å². The van der Waals surface area contributed by atoms with E-state index in [4.69, 9.17) is 18.8 Å². The van der Waals surface area contributed by atoms with E-state index in [1.807, 2.05) is 0 Å². The Morgan fingerprint density at radius 1 is 1.40 bits per heavy atom. The third-order valence-electron chi connectivity index (χ3n) is 2.67. The van der Waals surface area contributed by atoms with Crippen LogP contribution in [-0.4, -0.2) is 40.9 Å². The molecule has 1 heterocycles. The average Bonchev–Trinajstić information content (AvgIpc) is 2.65. The molecule has 0 aromatic carbocycles. The Bertz CT molecular complexity index is 422. The van der Waals surface area contributed by atoms with Crippen LogP contribution in [0.1, 0.15) is 32.6 Å². The molecule has 0 aliphatic carbocycles. The van der Waals surface area contributed by atoms with Crippen molar-refractivity contribution in [1.82, 2.24) is 5.32 Å². The zero-order chi connectivity index (χ0) is 15.2. The number of carbonyl (C=O) groups excluding carboxylic acids is 1. The average molecular weight is 329 g/mol. The lowest BCUT2D eigenvalue weighted by atomic mass is 10.2. The van der Waals surface area contributed by atoms with Crippen LogP contribution in [0.15, 0.2) is 0 Å². The van der Waals surface area contributed by atoms with Crippen molar-refractivity contribution in [3.8, 4) is 0 Å². The molecule has 8 nitrogen and oxygen atoms in total. The molecule has 0 radical (unpaired) electrons. The van der Waals surface area contributed by atoms with Crippen LogP contribution in [0.25, 0.3) is 0 Å². The van der Waals surface area contributed by atoms with Gasteiger partial charge in [-0.05, 0) is 19.8 Å². The molecule has 1 amide bonds. The lowest BCUT2D eigenvalue weighted by Crippen LogP contribution is -2.24. The Hall–Kier alpha value is -0.230. The minimum atomic E-state index is -3.94. The summed E-state index contributed by atoms with van der Waals surface area (Å²) in [5.74, 6) is -0.275. The van der Waals surface area contributed by atoms with Crippen LogP contribution in [0, 0.1) is 0 Å². The van der Waals surface area contributed by atoms with E-state index in [1.165, 1.54) is 0 Å². The van der Waals surface area contributed by atoms with Crippen molar-refractivity contribution in [2.75, 3.05) is 19.1 Å². The third kappa shape index (κ3) is 7.53. The van der Waals surface area contributed by atoms with Crippen molar-refractivity contribution < 1.29 is 32.8 Å². The fraction of sp³-hybridized carbons (Fsp3) is 0.900. The van der Waals surface area contributed by atoms with E-state index in [1.54, 1.807) is 6.92 Å². The molecule has 20 heavy (non-hydrogen) atoms. The summed E-state index contributed by atoms with van der Waals surface area (Å²) in [5, 5.41) is 2.49. The minimum absolute atomic E-state index is 0.140. The van der Waals surface area contributed by atoms with E-state index < -0.39 is 15.2 Å². The van der Waals surface area contributed by atoms with Crippen molar-refractivity contribution in [1.29, 1.82) is 0 Å². The highest BCUT2D eigenvalue weighted by Gasteiger charge is 2.34. The van der Waals surface area contributed by atoms with Gasteiger partial charge in [0.1, 0.15) is 6.29 Å². The highest BCUT2D eigenvalue weighted by Crippen LogP contribution is 2.52. The molecule has 2 unspecified atom stereocenters. The largest absolute Gasteiger partial charge is 0.350 e. The van der Waals surface area contributed by atoms with Gasteiger partial charge in [-0.3, -0.25) is 13.9 Å². The van der Waals surface area contributed by atoms with Crippen molar-refractivity contribution in [2.24, 2.45) is 0 Å². The van der Waals surface area contributed by atoms with Crippen molar-refractivity contribution in [3.05, 3.63) is 0 Å². The van der Waals surface area contributed by atoms with Crippen LogP contribution in [-0.2, 0) is 23.0 Å². The van der Waals surface area contributed by atoms with Crippen LogP contribution < -0.4 is 5.32 Å². The molecule has 0 bridgehead atoms. The molecule has 1 aliphatic rings. The Balaban J connectivity index is 2.09. The molecule has 2 atom stereocenters. The smallest absolute Gasteiger partial charge is 0.344 e. The standard InChI is InChI=1S/C10H21NO7P2/c1-9-7-17-20(16,18-9)8-11-10(12)5-3-2-4-6-19(13,14)15/h9H,2-8H2,1H3,(H,11,12)(H2,13,14,15). The Labute approximate surface area is 117 Å². The normalized spacial score (nSPS) is 26.6. The van der Waals surface area contributed by atoms with Crippen LogP contribution in [0.2, 0.25) is 0 Å². The zero-order valence-corrected chi connectivity index (χ0v) is 13.1. The minimum Gasteiger partial charge on any atom is -0.344 e. The second-order valence-corrected chi connectivity index (χ2v) is 8.56. The van der Waals surface area contributed by atoms with E-state index in [0.29, 0.717) is 19.3 Å². The summed E-state index contributed by atoms with van der Waals surface area (Å²) in [5.41, 5.74) is 0. The second-order valence-electron chi connectivity index (χ2n) is 4.78. The highest BCUT2D eigenvalue weighted by molar-refractivity contribution is 7.54. The van der Waals surface area contributed by atoms with E-state index in [-0.39, 0.29) is 37.5 Å². The van der Waals surface area contributed by atoms with Gasteiger partial charge in [-0.15, -0.1) is 0 Å². The van der Waals surface area contributed by atoms with Gasteiger partial charge in [-0.25, -0.2) is 0 Å². The zero-order valence-electron chi connectivity index (χ0n) is 11.4. The SMILES string of the molecule is CC1COP(=O)(CNC(=O)CCCCCP(=O)(O)O)O1. The summed E-state index contributed by atoms with van der Waals surface area (Å²) < 4.78 is 32.6. The molecule has 0 saturated carbocycles. The fourth-order valence-corrected chi connectivity index (χ4v) is 3.97. The molecule has 118 valence electrons. The number of hydrogen-bond acceptors (Lipinski definition) is 5. The molecule has 3 N–H and O–H groups in total. The summed E-state index contributed by atoms with van der Waals surface area (Å²) in [4.78, 5) is 28.8. The van der Waals surface area contributed by atoms with Gasteiger partial charge in [0.25, 0.3) is 0 Å². The lowest BCUT2D eigenvalue weighted by Gasteiger charge is -2.11. The molecule has 0 aromatic heterocycles. The first-order valence-corrected chi connectivity index (χ1v) is 9.96. The summed E-state index contributed by atoms with van der Waals surface area (Å²) >= 11 is 0. The predicted molar refractivity (Wildman–Crippen MR) is 72.5 cm³/mol. The molecule has 10 heteroatoms. The van der Waals surface area contributed by atoms with E-state index in [2.05, 4.69) is 5.32 Å². The first kappa shape index (κ1) is 17.8. The van der Waals surface area contributed by atoms with Crippen molar-refractivity contribution in [3.63, 3.8) is 0 Å². The predicted octanol–water partition coefficient (Wildman–Crippen LogP) is 1.43. The van der Waals surface area contributed by atoms with Gasteiger partial charge in [-0.1, -0.05) is 6.42 Å². The van der Waals surface area contributed by atoms with Crippen molar-refractivity contribution in [2.45, 2.75) is 38.7 Å². The topological polar surface area (TPSA) is 122 Å². The van der Waals surface area contributed by atoms with Crippen LogP contribution in [0.5, 0.6) is 0 Å². The van der Waals surface area contributed by atoms with Gasteiger partial charge in [0, 0.05) is 12.6 Å². The Kier molecular flexibility index (Phi) is 6.85. The molecular weight excluding hydrogens is 308 g/mol. The summed E-state index contributed by atoms with van der Waals surface area (Å²) in [6.07, 6.45) is 1.14. The van der Waals surface area contributed by atoms with Gasteiger partial charge in [0.15, 0.2) is 0 Å². The van der Waals surface area contributed by atoms with Crippen LogP contribution in [0.4, 0.5) is 0 Å². The van der Waals surface area contributed by atoms with Crippen LogP contribution >= 0.6 is 15.2 Å². The van der Waals surface area contributed by atoms with Gasteiger partial charge in [-0.2, -0.15) is 0 Å². The number of rotatable bonds is 8. The Morgan fingerprint density at radius 3 is 2.65 bits per heavy atom. The van der Waals surface area contributed by atoms with E-state index in [0.717, 1.165) is 0 Å². The van der Waals surface area contributed by atoms with Gasteiger partial charge < -0.3 is 24.2 Å². The monoisotopic (exact) mass is 329 g/mol. The summed E-state index contributed by atoms with van der Waals surface area (Å²) in [7, 11) is -7.12. The molecular formula is C10H21NO7P2. The van der Waals surface area contributed by atoms with Gasteiger partial charge in [0.2, 0.25) is 5.91 Å². The third-order valence-corrected chi connectivity index (χ3v) is 5.34. The molecule has 1 aliphatic heterocycles. The lowest BCUT2D eigenvalue weighted by molar-refractivity contribution is -0.120. The van der Waals surface area contributed by atoms with Crippen molar-refractivity contribution >= 4 is 21.1 Å². The number of nitrogens with one attached hydrogen (secondary N) is 1. The Morgan fingerprint density at radius 2 is 2.10 bits per heavy atom. The molecule has 0 spiro atoms. The van der Waals surface area contributed by atoms with Gasteiger partial charge >= 0.3 is 15.2 Å². The molecule has 1 saturated heterocycles. The molecule has 1 rings (SSSR count). The summed E-state index contributed by atoms with van der Waals surface area (Å²) in [6, 6.07) is 0. The number of amides is 1. The fourth-order valence-electron chi connectivity index (χ4n) is 1.69. The molecule has 1 fully saturated rings.